The highest BCUT2D eigenvalue weighted by molar-refractivity contribution is 6.18. The molecule has 0 aliphatic heterocycles. The number of nitrogens with zero attached hydrogens (tertiary/aromatic N) is 5. The quantitative estimate of drug-likeness (QED) is 0.122. The van der Waals surface area contributed by atoms with E-state index in [1.807, 2.05) is 0 Å². The van der Waals surface area contributed by atoms with E-state index in [2.05, 4.69) is 564 Å². The first-order valence-electron chi connectivity index (χ1n) is 52.4. The summed E-state index contributed by atoms with van der Waals surface area (Å²) in [6.07, 6.45) is 0. The maximum Gasteiger partial charge on any atom is 0.0738 e. The molecule has 2 aromatic heterocycles. The van der Waals surface area contributed by atoms with Gasteiger partial charge < -0.3 is 23.8 Å². The maximum absolute atomic E-state index is 2.50. The molecule has 0 amide bonds. The van der Waals surface area contributed by atoms with Crippen LogP contribution in [-0.4, -0.2) is 9.13 Å². The zero-order valence-corrected chi connectivity index (χ0v) is 81.6. The van der Waals surface area contributed by atoms with Crippen molar-refractivity contribution in [1.82, 2.24) is 9.13 Å². The van der Waals surface area contributed by atoms with Gasteiger partial charge in [-0.15, -0.1) is 0 Å². The molecule has 0 saturated heterocycles. The van der Waals surface area contributed by atoms with E-state index >= 15 is 0 Å². The Morgan fingerprint density at radius 2 is 0.407 bits per heavy atom. The average molecular weight is 1900 g/mol. The molecule has 9 aliphatic carbocycles. The van der Waals surface area contributed by atoms with Crippen molar-refractivity contribution in [3.63, 3.8) is 0 Å². The predicted molar refractivity (Wildman–Crippen MR) is 621 cm³/mol. The molecule has 3 unspecified atom stereocenters. The van der Waals surface area contributed by atoms with Crippen LogP contribution in [0, 0.1) is 0 Å². The van der Waals surface area contributed by atoms with E-state index in [4.69, 9.17) is 0 Å². The lowest BCUT2D eigenvalue weighted by molar-refractivity contribution is 0.818. The number of anilines is 9. The van der Waals surface area contributed by atoms with E-state index in [0.29, 0.717) is 0 Å². The summed E-state index contributed by atoms with van der Waals surface area (Å²) in [6, 6.07) is 200. The largest absolute Gasteiger partial charge is 0.310 e. The van der Waals surface area contributed by atoms with E-state index < -0.39 is 0 Å². The molecule has 35 rings (SSSR count). The van der Waals surface area contributed by atoms with Crippen LogP contribution in [0.5, 0.6) is 0 Å². The molecular formula is C145H89N5. The normalized spacial score (nSPS) is 15.5. The van der Waals surface area contributed by atoms with Crippen LogP contribution in [-0.2, 0) is 16.2 Å². The van der Waals surface area contributed by atoms with Gasteiger partial charge in [-0.3, -0.25) is 0 Å². The van der Waals surface area contributed by atoms with Crippen molar-refractivity contribution < 1.29 is 0 Å². The average Bonchev–Trinajstić information content (AvgIpc) is 1.48. The van der Waals surface area contributed by atoms with Crippen molar-refractivity contribution >= 4 is 106 Å². The van der Waals surface area contributed by atoms with Gasteiger partial charge >= 0.3 is 0 Å². The van der Waals surface area contributed by atoms with Gasteiger partial charge in [0, 0.05) is 83.6 Å². The molecule has 150 heavy (non-hydrogen) atoms. The fourth-order valence-electron chi connectivity index (χ4n) is 29.2. The predicted octanol–water partition coefficient (Wildman–Crippen LogP) is 37.5. The summed E-state index contributed by atoms with van der Waals surface area (Å²) in [6.45, 7) is 0. The summed E-state index contributed by atoms with van der Waals surface area (Å²) in [4.78, 5) is 7.47. The summed E-state index contributed by atoms with van der Waals surface area (Å²) in [5.41, 5.74) is 60.4. The summed E-state index contributed by atoms with van der Waals surface area (Å²) < 4.78 is 4.80. The number of benzene rings is 24. The van der Waals surface area contributed by atoms with E-state index in [-0.39, 0.29) is 16.2 Å². The molecule has 9 aliphatic rings. The molecule has 5 nitrogen and oxygen atoms in total. The maximum atomic E-state index is 2.50. The Morgan fingerprint density at radius 1 is 0.140 bits per heavy atom. The van der Waals surface area contributed by atoms with Crippen molar-refractivity contribution in [3.05, 3.63) is 607 Å². The van der Waals surface area contributed by atoms with Gasteiger partial charge in [0.15, 0.2) is 0 Å². The zero-order valence-electron chi connectivity index (χ0n) is 81.6. The second-order valence-corrected chi connectivity index (χ2v) is 41.2. The van der Waals surface area contributed by atoms with Crippen LogP contribution >= 0.6 is 0 Å². The molecule has 694 valence electrons. The molecule has 0 N–H and O–H groups in total. The van der Waals surface area contributed by atoms with Crippen molar-refractivity contribution in [2.75, 3.05) is 14.7 Å². The highest BCUT2D eigenvalue weighted by atomic mass is 15.2. The molecule has 3 spiro atoms. The van der Waals surface area contributed by atoms with Gasteiger partial charge in [-0.05, 0) is 294 Å². The van der Waals surface area contributed by atoms with Crippen LogP contribution in [0.25, 0.3) is 177 Å². The molecule has 0 bridgehead atoms. The van der Waals surface area contributed by atoms with Crippen LogP contribution in [0.3, 0.4) is 0 Å². The minimum absolute atomic E-state index is 0.322. The van der Waals surface area contributed by atoms with Crippen molar-refractivity contribution in [3.8, 4) is 123 Å². The second-order valence-electron chi connectivity index (χ2n) is 41.2. The number of rotatable bonds is 12. The fourth-order valence-corrected chi connectivity index (χ4v) is 29.2. The summed E-state index contributed by atoms with van der Waals surface area (Å²) in [7, 11) is 0. The monoisotopic (exact) mass is 1900 g/mol. The second kappa shape index (κ2) is 31.3. The Morgan fingerprint density at radius 3 is 0.853 bits per heavy atom. The standard InChI is InChI=1S/2C49H30N2.C47H29N/c1-3-14-31(15-4-1)50(33-28-29-36-35-19-8-10-26-43(35)51(45(36)30-33)32-16-5-2-6-17-32)44-27-13-25-42-46(44)40-23-12-22-39-38-21-11-20-37-34-18-7-9-24-41(34)49(42,47(37)38)48(39)40;1-3-14-31(15-4-1)50(33-28-29-44-40(30-33)35-19-8-10-26-43(35)51(44)32-16-5-2-6-17-32)45-27-13-25-42-46(45)39-23-12-22-38-37-21-11-20-36-34-18-7-9-24-41(34)49(42,47(36)37)48(38)39;1-2-16-31(17-3-1)48(42-28-9-7-20-35(42)33-21-10-15-30-14-4-5-18-32(30)33)43-29-13-27-41-44(43)39-25-12-24-38-37-23-11-22-36-34-19-6-8-26-40(34)47(41,45(36)37)46(38)39/h2*1-30H;1-29H. The van der Waals surface area contributed by atoms with E-state index in [0.717, 1.165) is 39.8 Å². The molecule has 0 radical (unpaired) electrons. The first-order chi connectivity index (χ1) is 74.5. The minimum atomic E-state index is -0.328. The van der Waals surface area contributed by atoms with Gasteiger partial charge in [-0.1, -0.05) is 413 Å². The van der Waals surface area contributed by atoms with Crippen LogP contribution in [0.4, 0.5) is 51.2 Å². The van der Waals surface area contributed by atoms with Crippen LogP contribution in [0.2, 0.25) is 0 Å². The molecule has 0 saturated carbocycles. The van der Waals surface area contributed by atoms with Crippen LogP contribution in [0.15, 0.2) is 540 Å². The minimum Gasteiger partial charge on any atom is -0.310 e. The van der Waals surface area contributed by atoms with Crippen LogP contribution < -0.4 is 14.7 Å². The lowest BCUT2D eigenvalue weighted by Crippen LogP contribution is -2.23. The smallest absolute Gasteiger partial charge is 0.0738 e. The lowest BCUT2D eigenvalue weighted by Gasteiger charge is -2.31. The summed E-state index contributed by atoms with van der Waals surface area (Å²) >= 11 is 0. The molecule has 24 aromatic carbocycles. The molecule has 0 fully saturated rings. The highest BCUT2D eigenvalue weighted by Gasteiger charge is 2.62. The Balaban J connectivity index is 0.0000000975. The number of hydrogen-bond donors (Lipinski definition) is 0. The number of aromatic nitrogens is 2. The molecule has 3 atom stereocenters. The fraction of sp³-hybridized carbons (Fsp3) is 0.0207. The molecule has 26 aromatic rings. The molecule has 2 heterocycles. The number of para-hydroxylation sites is 8. The lowest BCUT2D eigenvalue weighted by atomic mass is 9.73. The Labute approximate surface area is 868 Å². The first kappa shape index (κ1) is 82.9. The van der Waals surface area contributed by atoms with Crippen molar-refractivity contribution in [2.45, 2.75) is 16.2 Å². The highest BCUT2D eigenvalue weighted by Crippen LogP contribution is 2.76. The topological polar surface area (TPSA) is 19.6 Å². The third-order valence-electron chi connectivity index (χ3n) is 34.4. The SMILES string of the molecule is c1ccc(N(c2ccc3c(c2)c2ccccc2n3-c2ccccc2)c2cccc3c2-c2cccc4c2C32c3ccccc3-c3cccc-4c32)cc1.c1ccc(N(c2ccc3c4ccccc4n(-c4ccccc4)c3c2)c2cccc3c2-c2cccc4c2C32c3ccccc3-c3cccc-4c32)cc1.c1ccc(N(c2ccccc2-c2cccc3ccccc23)c2cccc3c2-c2cccc4c2C32c3ccccc3-c3cccc-4c32)cc1. The summed E-state index contributed by atoms with van der Waals surface area (Å²) in [5.74, 6) is 0. The Bertz CT molecular complexity index is 10300. The zero-order chi connectivity index (χ0) is 97.9. The van der Waals surface area contributed by atoms with Gasteiger partial charge in [0.1, 0.15) is 0 Å². The number of hydrogen-bond acceptors (Lipinski definition) is 3. The van der Waals surface area contributed by atoms with E-state index in [1.54, 1.807) is 0 Å². The first-order valence-corrected chi connectivity index (χ1v) is 52.4. The van der Waals surface area contributed by atoms with Gasteiger partial charge in [-0.2, -0.15) is 0 Å². The Hall–Kier alpha value is -19.5. The van der Waals surface area contributed by atoms with Gasteiger partial charge in [0.2, 0.25) is 0 Å². The van der Waals surface area contributed by atoms with Crippen molar-refractivity contribution in [1.29, 1.82) is 0 Å². The third-order valence-corrected chi connectivity index (χ3v) is 34.4. The summed E-state index contributed by atoms with van der Waals surface area (Å²) in [5, 5.41) is 7.50. The number of fused-ring (bicyclic) bond motifs is 22. The van der Waals surface area contributed by atoms with Crippen LogP contribution in [0.1, 0.15) is 66.8 Å². The molecular weight excluding hydrogens is 1810 g/mol. The van der Waals surface area contributed by atoms with Gasteiger partial charge in [0.25, 0.3) is 0 Å². The Kier molecular flexibility index (Phi) is 17.3. The van der Waals surface area contributed by atoms with Gasteiger partial charge in [-0.25, -0.2) is 0 Å². The van der Waals surface area contributed by atoms with Crippen molar-refractivity contribution in [2.24, 2.45) is 0 Å². The van der Waals surface area contributed by atoms with E-state index in [9.17, 15) is 0 Å². The molecule has 5 heteroatoms. The van der Waals surface area contributed by atoms with E-state index in [1.165, 1.54) is 255 Å². The van der Waals surface area contributed by atoms with Gasteiger partial charge in [0.05, 0.1) is 61.1 Å². The third kappa shape index (κ3) is 10.8.